The van der Waals surface area contributed by atoms with Crippen LogP contribution >= 0.6 is 23.4 Å². The van der Waals surface area contributed by atoms with Crippen molar-refractivity contribution in [2.45, 2.75) is 25.0 Å². The van der Waals surface area contributed by atoms with Crippen LogP contribution in [0, 0.1) is 0 Å². The van der Waals surface area contributed by atoms with Gasteiger partial charge in [-0.15, -0.1) is 0 Å². The van der Waals surface area contributed by atoms with Gasteiger partial charge in [0, 0.05) is 11.6 Å². The average Bonchev–Trinajstić information content (AvgIpc) is 2.80. The van der Waals surface area contributed by atoms with E-state index in [0.29, 0.717) is 28.0 Å². The van der Waals surface area contributed by atoms with Crippen LogP contribution in [-0.2, 0) is 6.54 Å². The summed E-state index contributed by atoms with van der Waals surface area (Å²) in [6.45, 7) is 2.10. The molecule has 3 N–H and O–H groups in total. The van der Waals surface area contributed by atoms with Crippen LogP contribution in [0.15, 0.2) is 68.1 Å². The Bertz CT molecular complexity index is 1590. The third-order valence-electron chi connectivity index (χ3n) is 5.11. The van der Waals surface area contributed by atoms with Gasteiger partial charge in [0.25, 0.3) is 11.1 Å². The number of para-hydroxylation sites is 1. The minimum absolute atomic E-state index is 0.181. The highest BCUT2D eigenvalue weighted by molar-refractivity contribution is 7.99. The molecule has 0 aliphatic carbocycles. The Labute approximate surface area is 202 Å². The molecule has 34 heavy (non-hydrogen) atoms. The number of ketones is 1. The Balaban J connectivity index is 1.78. The normalized spacial score (nSPS) is 11.1. The fourth-order valence-electron chi connectivity index (χ4n) is 3.56. The number of thioether (sulfide) groups is 1. The molecule has 9 nitrogen and oxygen atoms in total. The standard InChI is InChI=1S/C23H20ClN5O4S/c1-2-10-28-19(25)18(20(31)27-22(28)33)17(30)12-34-23-26-16-9-4-3-8-15(16)21(32)29(23)14-7-5-6-13(24)11-14/h3-9,11H,2,10,12,25H2,1H3,(H,27,31,33). The van der Waals surface area contributed by atoms with Gasteiger partial charge in [0.05, 0.1) is 22.3 Å². The van der Waals surface area contributed by atoms with Crippen molar-refractivity contribution in [3.8, 4) is 5.69 Å². The number of hydrogen-bond donors (Lipinski definition) is 2. The number of rotatable bonds is 7. The van der Waals surface area contributed by atoms with E-state index in [-0.39, 0.29) is 34.4 Å². The van der Waals surface area contributed by atoms with Crippen molar-refractivity contribution < 1.29 is 4.79 Å². The van der Waals surface area contributed by atoms with Gasteiger partial charge in [0.15, 0.2) is 10.9 Å². The Morgan fingerprint density at radius 1 is 1.15 bits per heavy atom. The lowest BCUT2D eigenvalue weighted by Gasteiger charge is -2.14. The first kappa shape index (κ1) is 23.5. The number of Topliss-reactive ketones (excluding diaryl/α,β-unsaturated/α-hetero) is 1. The summed E-state index contributed by atoms with van der Waals surface area (Å²) < 4.78 is 2.53. The number of H-pyrrole nitrogens is 1. The second-order valence-electron chi connectivity index (χ2n) is 7.41. The predicted octanol–water partition coefficient (Wildman–Crippen LogP) is 2.86. The van der Waals surface area contributed by atoms with Gasteiger partial charge in [-0.25, -0.2) is 9.78 Å². The number of anilines is 1. The molecular weight excluding hydrogens is 478 g/mol. The number of carbonyl (C=O) groups is 1. The molecule has 0 fully saturated rings. The molecule has 2 aromatic heterocycles. The van der Waals surface area contributed by atoms with E-state index >= 15 is 0 Å². The van der Waals surface area contributed by atoms with Gasteiger partial charge in [-0.2, -0.15) is 0 Å². The Hall–Kier alpha value is -3.63. The third kappa shape index (κ3) is 4.42. The largest absolute Gasteiger partial charge is 0.384 e. The summed E-state index contributed by atoms with van der Waals surface area (Å²) in [4.78, 5) is 57.4. The molecule has 0 atom stereocenters. The van der Waals surface area contributed by atoms with E-state index < -0.39 is 17.0 Å². The van der Waals surface area contributed by atoms with Crippen molar-refractivity contribution in [2.24, 2.45) is 0 Å². The first-order chi connectivity index (χ1) is 16.3. The Morgan fingerprint density at radius 2 is 1.91 bits per heavy atom. The van der Waals surface area contributed by atoms with Crippen LogP contribution in [0.4, 0.5) is 5.82 Å². The third-order valence-corrected chi connectivity index (χ3v) is 6.28. The molecule has 2 heterocycles. The summed E-state index contributed by atoms with van der Waals surface area (Å²) in [5, 5.41) is 1.09. The van der Waals surface area contributed by atoms with Gasteiger partial charge in [0.2, 0.25) is 0 Å². The maximum atomic E-state index is 13.3. The molecule has 0 unspecified atom stereocenters. The van der Waals surface area contributed by atoms with E-state index in [1.807, 2.05) is 6.92 Å². The molecule has 174 valence electrons. The smallest absolute Gasteiger partial charge is 0.329 e. The fourth-order valence-corrected chi connectivity index (χ4v) is 4.63. The molecule has 4 aromatic rings. The Morgan fingerprint density at radius 3 is 2.65 bits per heavy atom. The molecule has 4 rings (SSSR count). The van der Waals surface area contributed by atoms with E-state index in [0.717, 1.165) is 16.3 Å². The maximum absolute atomic E-state index is 13.3. The highest BCUT2D eigenvalue weighted by Gasteiger charge is 2.21. The van der Waals surface area contributed by atoms with Crippen LogP contribution in [0.5, 0.6) is 0 Å². The number of nitrogens with one attached hydrogen (secondary N) is 1. The van der Waals surface area contributed by atoms with Crippen LogP contribution < -0.4 is 22.5 Å². The van der Waals surface area contributed by atoms with Crippen LogP contribution in [0.25, 0.3) is 16.6 Å². The first-order valence-electron chi connectivity index (χ1n) is 10.4. The van der Waals surface area contributed by atoms with Crippen LogP contribution in [0.1, 0.15) is 23.7 Å². The summed E-state index contributed by atoms with van der Waals surface area (Å²) in [5.74, 6) is -1.00. The van der Waals surface area contributed by atoms with Crippen molar-refractivity contribution in [2.75, 3.05) is 11.5 Å². The van der Waals surface area contributed by atoms with E-state index in [1.165, 1.54) is 4.57 Å². The molecule has 0 spiro atoms. The number of fused-ring (bicyclic) bond motifs is 1. The van der Waals surface area contributed by atoms with Gasteiger partial charge in [-0.3, -0.25) is 28.5 Å². The SMILES string of the molecule is CCCn1c(N)c(C(=O)CSc2nc3ccccc3c(=O)n2-c2cccc(Cl)c2)c(=O)[nH]c1=O. The van der Waals surface area contributed by atoms with Crippen LogP contribution in [-0.4, -0.2) is 30.6 Å². The van der Waals surface area contributed by atoms with Crippen molar-refractivity contribution in [1.82, 2.24) is 19.1 Å². The zero-order valence-electron chi connectivity index (χ0n) is 18.1. The summed E-state index contributed by atoms with van der Waals surface area (Å²) in [6, 6.07) is 13.6. The summed E-state index contributed by atoms with van der Waals surface area (Å²) in [7, 11) is 0. The van der Waals surface area contributed by atoms with E-state index in [9.17, 15) is 19.2 Å². The van der Waals surface area contributed by atoms with E-state index in [1.54, 1.807) is 48.5 Å². The predicted molar refractivity (Wildman–Crippen MR) is 133 cm³/mol. The van der Waals surface area contributed by atoms with Gasteiger partial charge >= 0.3 is 5.69 Å². The lowest BCUT2D eigenvalue weighted by molar-refractivity contribution is 0.102. The number of nitrogen functional groups attached to an aromatic ring is 1. The average molecular weight is 498 g/mol. The van der Waals surface area contributed by atoms with E-state index in [4.69, 9.17) is 17.3 Å². The molecule has 2 aromatic carbocycles. The highest BCUT2D eigenvalue weighted by Crippen LogP contribution is 2.24. The minimum atomic E-state index is -0.848. The van der Waals surface area contributed by atoms with Gasteiger partial charge in [-0.1, -0.05) is 48.5 Å². The number of carbonyl (C=O) groups excluding carboxylic acids is 1. The molecular formula is C23H20ClN5O4S. The fraction of sp³-hybridized carbons (Fsp3) is 0.174. The topological polar surface area (TPSA) is 133 Å². The molecule has 0 radical (unpaired) electrons. The number of benzene rings is 2. The molecule has 0 aliphatic rings. The van der Waals surface area contributed by atoms with Crippen molar-refractivity contribution in [1.29, 1.82) is 0 Å². The highest BCUT2D eigenvalue weighted by atomic mass is 35.5. The number of nitrogens with two attached hydrogens (primary N) is 1. The van der Waals surface area contributed by atoms with Crippen molar-refractivity contribution >= 4 is 45.9 Å². The Kier molecular flexibility index (Phi) is 6.71. The maximum Gasteiger partial charge on any atom is 0.329 e. The quantitative estimate of drug-likeness (QED) is 0.228. The minimum Gasteiger partial charge on any atom is -0.384 e. The van der Waals surface area contributed by atoms with Gasteiger partial charge in [0.1, 0.15) is 11.4 Å². The monoisotopic (exact) mass is 497 g/mol. The number of nitrogens with zero attached hydrogens (tertiary/aromatic N) is 3. The first-order valence-corrected chi connectivity index (χ1v) is 11.7. The molecule has 0 saturated carbocycles. The van der Waals surface area contributed by atoms with E-state index in [2.05, 4.69) is 9.97 Å². The van der Waals surface area contributed by atoms with Gasteiger partial charge in [-0.05, 0) is 36.8 Å². The molecule has 11 heteroatoms. The van der Waals surface area contributed by atoms with Crippen LogP contribution in [0.3, 0.4) is 0 Å². The molecule has 0 amide bonds. The molecule has 0 bridgehead atoms. The van der Waals surface area contributed by atoms with Gasteiger partial charge < -0.3 is 5.73 Å². The summed E-state index contributed by atoms with van der Waals surface area (Å²) in [6.07, 6.45) is 0.589. The van der Waals surface area contributed by atoms with Crippen molar-refractivity contribution in [3.63, 3.8) is 0 Å². The lowest BCUT2D eigenvalue weighted by Crippen LogP contribution is -2.36. The second-order valence-corrected chi connectivity index (χ2v) is 8.79. The number of halogens is 1. The molecule has 0 aliphatic heterocycles. The molecule has 0 saturated heterocycles. The number of aromatic amines is 1. The summed E-state index contributed by atoms with van der Waals surface area (Å²) >= 11 is 7.12. The second kappa shape index (κ2) is 9.70. The van der Waals surface area contributed by atoms with Crippen LogP contribution in [0.2, 0.25) is 5.02 Å². The lowest BCUT2D eigenvalue weighted by atomic mass is 10.2. The summed E-state index contributed by atoms with van der Waals surface area (Å²) in [5.41, 5.74) is 4.83. The number of hydrogen-bond acceptors (Lipinski definition) is 7. The zero-order chi connectivity index (χ0) is 24.4. The zero-order valence-corrected chi connectivity index (χ0v) is 19.7. The number of aromatic nitrogens is 4. The van der Waals surface area contributed by atoms with Crippen molar-refractivity contribution in [3.05, 3.63) is 90.3 Å².